The first-order valence-electron chi connectivity index (χ1n) is 9.31. The minimum Gasteiger partial charge on any atom is -0.356 e. The molecule has 1 aliphatic heterocycles. The van der Waals surface area contributed by atoms with Crippen molar-refractivity contribution in [3.63, 3.8) is 0 Å². The molecule has 0 aromatic heterocycles. The smallest absolute Gasteiger partial charge is 0.269 e. The Labute approximate surface area is 149 Å². The Bertz CT molecular complexity index is 623. The molecule has 1 aromatic rings. The molecular weight excluding hydrogens is 316 g/mol. The molecule has 1 N–H and O–H groups in total. The number of hydrogen-bond acceptors (Lipinski definition) is 3. The number of nitrogens with one attached hydrogen (secondary N) is 1. The van der Waals surface area contributed by atoms with Crippen molar-refractivity contribution in [3.8, 4) is 0 Å². The summed E-state index contributed by atoms with van der Waals surface area (Å²) in [5.41, 5.74) is 1.90. The molecule has 0 unspecified atom stereocenters. The predicted octanol–water partition coefficient (Wildman–Crippen LogP) is 3.37. The van der Waals surface area contributed by atoms with Crippen LogP contribution in [0.25, 0.3) is 0 Å². The fourth-order valence-corrected chi connectivity index (χ4v) is 3.97. The fraction of sp³-hybridized carbons (Fsp3) is 0.632. The molecule has 1 saturated carbocycles. The van der Waals surface area contributed by atoms with Gasteiger partial charge in [0, 0.05) is 38.8 Å². The van der Waals surface area contributed by atoms with Crippen molar-refractivity contribution in [2.75, 3.05) is 26.7 Å². The van der Waals surface area contributed by atoms with Crippen molar-refractivity contribution in [1.82, 2.24) is 10.2 Å². The van der Waals surface area contributed by atoms with Gasteiger partial charge in [-0.1, -0.05) is 18.6 Å². The molecule has 1 saturated heterocycles. The first kappa shape index (κ1) is 17.7. The van der Waals surface area contributed by atoms with Crippen LogP contribution in [0.1, 0.15) is 44.1 Å². The van der Waals surface area contributed by atoms with Gasteiger partial charge in [0.2, 0.25) is 0 Å². The van der Waals surface area contributed by atoms with Crippen LogP contribution in [-0.2, 0) is 6.42 Å². The molecule has 0 radical (unpaired) electrons. The van der Waals surface area contributed by atoms with Gasteiger partial charge in [-0.15, -0.1) is 0 Å². The first-order valence-corrected chi connectivity index (χ1v) is 9.31. The standard InChI is InChI=1S/C19H28N4O2/c1-20-18(22-14-12-19(15-22)10-4-11-19)21-13-3-2-5-16-6-8-17(9-7-16)23(24)25/h6-9H,2-5,10-15H2,1H3,(H,20,21). The van der Waals surface area contributed by atoms with Crippen LogP contribution in [0.4, 0.5) is 5.69 Å². The lowest BCUT2D eigenvalue weighted by molar-refractivity contribution is -0.384. The van der Waals surface area contributed by atoms with Gasteiger partial charge in [0.15, 0.2) is 5.96 Å². The van der Waals surface area contributed by atoms with Gasteiger partial charge in [-0.2, -0.15) is 0 Å². The Morgan fingerprint density at radius 3 is 2.60 bits per heavy atom. The van der Waals surface area contributed by atoms with Crippen molar-refractivity contribution in [1.29, 1.82) is 0 Å². The number of guanidine groups is 1. The van der Waals surface area contributed by atoms with Crippen LogP contribution in [0.15, 0.2) is 29.3 Å². The number of unbranched alkanes of at least 4 members (excludes halogenated alkanes) is 1. The summed E-state index contributed by atoms with van der Waals surface area (Å²) in [5, 5.41) is 14.2. The zero-order valence-corrected chi connectivity index (χ0v) is 15.0. The number of likely N-dealkylation sites (tertiary alicyclic amines) is 1. The molecule has 0 atom stereocenters. The highest BCUT2D eigenvalue weighted by atomic mass is 16.6. The van der Waals surface area contributed by atoms with Gasteiger partial charge < -0.3 is 10.2 Å². The maximum Gasteiger partial charge on any atom is 0.269 e. The lowest BCUT2D eigenvalue weighted by Gasteiger charge is -2.38. The number of benzene rings is 1. The van der Waals surface area contributed by atoms with Crippen LogP contribution in [-0.4, -0.2) is 42.5 Å². The summed E-state index contributed by atoms with van der Waals surface area (Å²) >= 11 is 0. The Morgan fingerprint density at radius 1 is 1.28 bits per heavy atom. The maximum atomic E-state index is 10.7. The zero-order chi connectivity index (χ0) is 17.7. The van der Waals surface area contributed by atoms with Gasteiger partial charge in [-0.3, -0.25) is 15.1 Å². The molecule has 2 aliphatic rings. The molecule has 0 amide bonds. The van der Waals surface area contributed by atoms with Crippen molar-refractivity contribution >= 4 is 11.6 Å². The van der Waals surface area contributed by atoms with Crippen molar-refractivity contribution in [3.05, 3.63) is 39.9 Å². The van der Waals surface area contributed by atoms with Crippen LogP contribution < -0.4 is 5.32 Å². The SMILES string of the molecule is CN=C(NCCCCc1ccc([N+](=O)[O-])cc1)N1CCC2(CCC2)C1. The lowest BCUT2D eigenvalue weighted by atomic mass is 9.68. The van der Waals surface area contributed by atoms with E-state index in [1.807, 2.05) is 19.2 Å². The van der Waals surface area contributed by atoms with Crippen LogP contribution in [0, 0.1) is 15.5 Å². The Hall–Kier alpha value is -2.11. The second kappa shape index (κ2) is 7.85. The summed E-state index contributed by atoms with van der Waals surface area (Å²) in [6.07, 6.45) is 8.55. The molecule has 6 heteroatoms. The van der Waals surface area contributed by atoms with Gasteiger partial charge in [0.25, 0.3) is 5.69 Å². The van der Waals surface area contributed by atoms with E-state index in [-0.39, 0.29) is 10.6 Å². The Kier molecular flexibility index (Phi) is 5.56. The van der Waals surface area contributed by atoms with Crippen molar-refractivity contribution in [2.45, 2.75) is 44.9 Å². The predicted molar refractivity (Wildman–Crippen MR) is 99.9 cm³/mol. The number of rotatable bonds is 6. The number of nitrogens with zero attached hydrogens (tertiary/aromatic N) is 3. The third kappa shape index (κ3) is 4.30. The van der Waals surface area contributed by atoms with Crippen LogP contribution >= 0.6 is 0 Å². The molecule has 25 heavy (non-hydrogen) atoms. The first-order chi connectivity index (χ1) is 12.1. The van der Waals surface area contributed by atoms with Gasteiger partial charge in [0.1, 0.15) is 0 Å². The molecule has 2 fully saturated rings. The highest BCUT2D eigenvalue weighted by Crippen LogP contribution is 2.47. The monoisotopic (exact) mass is 344 g/mol. The number of nitro benzene ring substituents is 1. The average Bonchev–Trinajstić information content (AvgIpc) is 3.04. The van der Waals surface area contributed by atoms with Gasteiger partial charge >= 0.3 is 0 Å². The summed E-state index contributed by atoms with van der Waals surface area (Å²) < 4.78 is 0. The van der Waals surface area contributed by atoms with E-state index in [4.69, 9.17) is 0 Å². The van der Waals surface area contributed by atoms with E-state index in [1.165, 1.54) is 25.7 Å². The van der Waals surface area contributed by atoms with E-state index in [9.17, 15) is 10.1 Å². The number of nitro groups is 1. The third-order valence-electron chi connectivity index (χ3n) is 5.69. The molecule has 136 valence electrons. The summed E-state index contributed by atoms with van der Waals surface area (Å²) in [5.74, 6) is 1.04. The second-order valence-corrected chi connectivity index (χ2v) is 7.38. The Balaban J connectivity index is 1.35. The van der Waals surface area contributed by atoms with E-state index in [1.54, 1.807) is 12.1 Å². The van der Waals surface area contributed by atoms with Gasteiger partial charge in [0.05, 0.1) is 4.92 Å². The quantitative estimate of drug-likeness (QED) is 0.282. The Morgan fingerprint density at radius 2 is 2.04 bits per heavy atom. The molecule has 1 aromatic carbocycles. The van der Waals surface area contributed by atoms with Crippen LogP contribution in [0.2, 0.25) is 0 Å². The molecule has 0 bridgehead atoms. The maximum absolute atomic E-state index is 10.7. The van der Waals surface area contributed by atoms with Crippen LogP contribution in [0.5, 0.6) is 0 Å². The summed E-state index contributed by atoms with van der Waals surface area (Å²) in [6.45, 7) is 3.21. The van der Waals surface area contributed by atoms with E-state index >= 15 is 0 Å². The molecule has 3 rings (SSSR count). The number of hydrogen-bond donors (Lipinski definition) is 1. The number of non-ortho nitro benzene ring substituents is 1. The summed E-state index contributed by atoms with van der Waals surface area (Å²) in [4.78, 5) is 17.2. The van der Waals surface area contributed by atoms with Crippen molar-refractivity contribution < 1.29 is 4.92 Å². The highest BCUT2D eigenvalue weighted by molar-refractivity contribution is 5.80. The number of aliphatic imine (C=N–C) groups is 1. The zero-order valence-electron chi connectivity index (χ0n) is 15.0. The minimum atomic E-state index is -0.356. The highest BCUT2D eigenvalue weighted by Gasteiger charge is 2.43. The van der Waals surface area contributed by atoms with Gasteiger partial charge in [-0.25, -0.2) is 0 Å². The van der Waals surface area contributed by atoms with Crippen molar-refractivity contribution in [2.24, 2.45) is 10.4 Å². The van der Waals surface area contributed by atoms with E-state index in [2.05, 4.69) is 15.2 Å². The topological polar surface area (TPSA) is 70.8 Å². The third-order valence-corrected chi connectivity index (χ3v) is 5.69. The molecular formula is C19H28N4O2. The summed E-state index contributed by atoms with van der Waals surface area (Å²) in [7, 11) is 1.87. The largest absolute Gasteiger partial charge is 0.356 e. The van der Waals surface area contributed by atoms with Gasteiger partial charge in [-0.05, 0) is 49.5 Å². The summed E-state index contributed by atoms with van der Waals surface area (Å²) in [6, 6.07) is 6.87. The second-order valence-electron chi connectivity index (χ2n) is 7.38. The molecule has 1 aliphatic carbocycles. The average molecular weight is 344 g/mol. The minimum absolute atomic E-state index is 0.157. The number of aryl methyl sites for hydroxylation is 1. The molecule has 6 nitrogen and oxygen atoms in total. The van der Waals surface area contributed by atoms with E-state index < -0.39 is 0 Å². The fourth-order valence-electron chi connectivity index (χ4n) is 3.97. The molecule has 1 heterocycles. The normalized spacial score (nSPS) is 19.1. The van der Waals surface area contributed by atoms with E-state index in [0.29, 0.717) is 5.41 Å². The van der Waals surface area contributed by atoms with Crippen LogP contribution in [0.3, 0.4) is 0 Å². The lowest BCUT2D eigenvalue weighted by Crippen LogP contribution is -2.42. The molecule has 1 spiro atoms. The van der Waals surface area contributed by atoms with E-state index in [0.717, 1.165) is 50.4 Å².